The van der Waals surface area contributed by atoms with E-state index in [2.05, 4.69) is 6.92 Å². The summed E-state index contributed by atoms with van der Waals surface area (Å²) >= 11 is 0. The quantitative estimate of drug-likeness (QED) is 0.442. The monoisotopic (exact) mass is 157 g/mol. The third kappa shape index (κ3) is 7.92. The first-order chi connectivity index (χ1) is 4.56. The lowest BCUT2D eigenvalue weighted by molar-refractivity contribution is 0.442. The van der Waals surface area contributed by atoms with Crippen molar-refractivity contribution in [2.45, 2.75) is 39.3 Å². The highest BCUT2D eigenvalue weighted by molar-refractivity contribution is 6.74. The molecule has 0 aromatic heterocycles. The highest BCUT2D eigenvalue weighted by Crippen LogP contribution is 2.01. The first-order valence-electron chi connectivity index (χ1n) is 3.94. The van der Waals surface area contributed by atoms with Crippen LogP contribution in [0.2, 0.25) is 13.1 Å². The first-order valence-corrected chi connectivity index (χ1v) is 6.93. The lowest BCUT2D eigenvalue weighted by Gasteiger charge is -2.01. The van der Waals surface area contributed by atoms with Gasteiger partial charge in [-0.2, -0.15) is 0 Å². The number of hydrogen-bond acceptors (Lipinski definition) is 0. The van der Waals surface area contributed by atoms with Crippen molar-refractivity contribution in [3.63, 3.8) is 0 Å². The third-order valence-corrected chi connectivity index (χ3v) is 2.28. The van der Waals surface area contributed by atoms with Gasteiger partial charge in [0.2, 0.25) is 0 Å². The molecule has 1 nitrogen and oxygen atoms in total. The van der Waals surface area contributed by atoms with Crippen LogP contribution in [0.1, 0.15) is 26.2 Å². The van der Waals surface area contributed by atoms with E-state index < -0.39 is 8.32 Å². The molecule has 0 rings (SSSR count). The molecule has 0 aromatic carbocycles. The van der Waals surface area contributed by atoms with Crippen LogP contribution in [0.25, 0.3) is 0 Å². The van der Waals surface area contributed by atoms with Gasteiger partial charge in [-0.3, -0.25) is 4.80 Å². The summed E-state index contributed by atoms with van der Waals surface area (Å²) in [6.07, 6.45) is 5.55. The van der Waals surface area contributed by atoms with Crippen LogP contribution in [-0.4, -0.2) is 8.32 Å². The lowest BCUT2D eigenvalue weighted by Crippen LogP contribution is -2.18. The van der Waals surface area contributed by atoms with E-state index in [1.807, 2.05) is 24.9 Å². The molecule has 0 N–H and O–H groups in total. The van der Waals surface area contributed by atoms with Crippen molar-refractivity contribution in [1.29, 1.82) is 0 Å². The van der Waals surface area contributed by atoms with Crippen molar-refractivity contribution in [1.82, 2.24) is 0 Å². The van der Waals surface area contributed by atoms with Crippen LogP contribution in [0.3, 0.4) is 0 Å². The maximum absolute atomic E-state index is 11.1. The van der Waals surface area contributed by atoms with Gasteiger partial charge in [0, 0.05) is 0 Å². The first kappa shape index (κ1) is 9.92. The van der Waals surface area contributed by atoms with Crippen LogP contribution in [0.4, 0.5) is 0 Å². The van der Waals surface area contributed by atoms with Gasteiger partial charge in [-0.25, -0.2) is 0 Å². The van der Waals surface area contributed by atoms with E-state index in [4.69, 9.17) is 0 Å². The zero-order valence-electron chi connectivity index (χ0n) is 7.18. The summed E-state index contributed by atoms with van der Waals surface area (Å²) in [5, 5.41) is 0. The second kappa shape index (κ2) is 4.69. The predicted molar refractivity (Wildman–Crippen MR) is 46.8 cm³/mol. The number of allylic oxidation sites excluding steroid dienone is 1. The van der Waals surface area contributed by atoms with Gasteiger partial charge in [-0.1, -0.05) is 31.5 Å². The molecule has 59 valence electrons. The van der Waals surface area contributed by atoms with Crippen LogP contribution < -0.4 is 0 Å². The molecule has 0 saturated carbocycles. The third-order valence-electron chi connectivity index (χ3n) is 1.24. The van der Waals surface area contributed by atoms with Crippen molar-refractivity contribution in [2.75, 3.05) is 0 Å². The van der Waals surface area contributed by atoms with Gasteiger partial charge in [-0.15, -0.1) is 0 Å². The van der Waals surface area contributed by atoms with E-state index in [1.165, 1.54) is 12.8 Å². The molecular weight excluding hydrogens is 140 g/mol. The maximum atomic E-state index is 11.1. The van der Waals surface area contributed by atoms with Crippen molar-refractivity contribution < 1.29 is 4.80 Å². The van der Waals surface area contributed by atoms with Gasteiger partial charge >= 0.3 is 0 Å². The summed E-state index contributed by atoms with van der Waals surface area (Å²) in [6, 6.07) is 0. The molecule has 0 unspecified atom stereocenters. The SMILES string of the molecule is CCCC/C=C/[Si](C)(C)[O]. The second-order valence-electron chi connectivity index (χ2n) is 3.15. The van der Waals surface area contributed by atoms with E-state index in [9.17, 15) is 4.80 Å². The fraction of sp³-hybridized carbons (Fsp3) is 0.750. The van der Waals surface area contributed by atoms with Crippen molar-refractivity contribution in [3.8, 4) is 0 Å². The van der Waals surface area contributed by atoms with E-state index in [0.717, 1.165) is 6.42 Å². The van der Waals surface area contributed by atoms with E-state index in [0.29, 0.717) is 0 Å². The second-order valence-corrected chi connectivity index (χ2v) is 6.69. The average molecular weight is 157 g/mol. The topological polar surface area (TPSA) is 19.9 Å². The molecule has 0 atom stereocenters. The van der Waals surface area contributed by atoms with Gasteiger partial charge < -0.3 is 0 Å². The van der Waals surface area contributed by atoms with Gasteiger partial charge in [0.15, 0.2) is 0 Å². The molecule has 1 radical (unpaired) electrons. The Morgan fingerprint density at radius 2 is 2.00 bits per heavy atom. The molecule has 0 amide bonds. The molecule has 0 aromatic rings. The molecule has 0 heterocycles. The molecule has 0 saturated heterocycles. The number of hydrogen-bond donors (Lipinski definition) is 0. The lowest BCUT2D eigenvalue weighted by atomic mass is 10.2. The molecule has 0 fully saturated rings. The van der Waals surface area contributed by atoms with Crippen LogP contribution in [0.5, 0.6) is 0 Å². The Labute approximate surface area is 64.9 Å². The maximum Gasteiger partial charge on any atom is 0.254 e. The van der Waals surface area contributed by atoms with Crippen molar-refractivity contribution in [3.05, 3.63) is 11.8 Å². The van der Waals surface area contributed by atoms with Gasteiger partial charge in [0.05, 0.1) is 0 Å². The highest BCUT2D eigenvalue weighted by atomic mass is 28.4. The van der Waals surface area contributed by atoms with E-state index >= 15 is 0 Å². The Morgan fingerprint density at radius 1 is 1.40 bits per heavy atom. The van der Waals surface area contributed by atoms with Crippen LogP contribution in [0, 0.1) is 0 Å². The van der Waals surface area contributed by atoms with Crippen molar-refractivity contribution >= 4 is 8.32 Å². The van der Waals surface area contributed by atoms with E-state index in [1.54, 1.807) is 0 Å². The van der Waals surface area contributed by atoms with Crippen LogP contribution >= 0.6 is 0 Å². The van der Waals surface area contributed by atoms with Gasteiger partial charge in [0.25, 0.3) is 8.32 Å². The summed E-state index contributed by atoms with van der Waals surface area (Å²) < 4.78 is 0. The van der Waals surface area contributed by atoms with Crippen molar-refractivity contribution in [2.24, 2.45) is 0 Å². The summed E-state index contributed by atoms with van der Waals surface area (Å²) in [4.78, 5) is 11.1. The highest BCUT2D eigenvalue weighted by Gasteiger charge is 2.13. The largest absolute Gasteiger partial charge is 0.293 e. The Kier molecular flexibility index (Phi) is 4.65. The molecule has 0 spiro atoms. The molecular formula is C8H17OSi. The number of unbranched alkanes of at least 4 members (excludes halogenated alkanes) is 2. The summed E-state index contributed by atoms with van der Waals surface area (Å²) in [7, 11) is -2.14. The fourth-order valence-corrected chi connectivity index (χ4v) is 1.42. The summed E-state index contributed by atoms with van der Waals surface area (Å²) in [5.41, 5.74) is 1.88. The summed E-state index contributed by atoms with van der Waals surface area (Å²) in [5.74, 6) is 0. The molecule has 10 heavy (non-hydrogen) atoms. The van der Waals surface area contributed by atoms with E-state index in [-0.39, 0.29) is 0 Å². The Bertz CT molecular complexity index is 102. The average Bonchev–Trinajstić information content (AvgIpc) is 1.78. The minimum Gasteiger partial charge on any atom is -0.293 e. The fourth-order valence-electron chi connectivity index (χ4n) is 0.689. The molecule has 0 aliphatic heterocycles. The van der Waals surface area contributed by atoms with Crippen LogP contribution in [0.15, 0.2) is 11.8 Å². The Hall–Kier alpha value is -0.0831. The Balaban J connectivity index is 3.37. The smallest absolute Gasteiger partial charge is 0.254 e. The standard InChI is InChI=1S/C8H17OSi/c1-4-5-6-7-8-10(2,3)9/h7-8H,4-6H2,1-3H3/b8-7+. The summed E-state index contributed by atoms with van der Waals surface area (Å²) in [6.45, 7) is 5.79. The molecule has 0 bridgehead atoms. The Morgan fingerprint density at radius 3 is 2.40 bits per heavy atom. The molecule has 0 aliphatic carbocycles. The predicted octanol–water partition coefficient (Wildman–Crippen LogP) is 2.91. The zero-order valence-corrected chi connectivity index (χ0v) is 8.18. The normalized spacial score (nSPS) is 12.8. The molecule has 2 heteroatoms. The minimum absolute atomic E-state index is 1.08. The molecule has 0 aliphatic rings. The van der Waals surface area contributed by atoms with Gasteiger partial charge in [-0.05, 0) is 19.5 Å². The number of rotatable bonds is 4. The minimum atomic E-state index is -2.14. The van der Waals surface area contributed by atoms with Crippen LogP contribution in [-0.2, 0) is 4.80 Å². The zero-order chi connectivity index (χ0) is 8.04. The van der Waals surface area contributed by atoms with Gasteiger partial charge in [0.1, 0.15) is 0 Å².